The molecular formula is C19H27N3O3S. The highest BCUT2D eigenvalue weighted by molar-refractivity contribution is 8.00. The van der Waals surface area contributed by atoms with Gasteiger partial charge in [-0.1, -0.05) is 36.8 Å². The first-order valence-electron chi connectivity index (χ1n) is 9.28. The van der Waals surface area contributed by atoms with Gasteiger partial charge in [-0.15, -0.1) is 0 Å². The molecule has 4 atom stereocenters. The van der Waals surface area contributed by atoms with Crippen molar-refractivity contribution in [2.24, 2.45) is 0 Å². The standard InChI is InChI=1S/C19H27N3O3S/c23-11-14(10-13-6-2-1-3-7-13)20-17(24)9-5-4-8-16-18-15(12-26-16)21-19(25)22-18/h1-3,6-7,14-16,18,23H,4-5,8-12H2,(H,20,24)(H2,21,22,25)/t14-,15-,16-,18-/m0/s1. The van der Waals surface area contributed by atoms with Crippen LogP contribution in [-0.2, 0) is 11.2 Å². The summed E-state index contributed by atoms with van der Waals surface area (Å²) in [6.07, 6.45) is 3.91. The molecule has 2 aliphatic rings. The number of carbonyl (C=O) groups is 2. The highest BCUT2D eigenvalue weighted by Gasteiger charge is 2.42. The Labute approximate surface area is 158 Å². The van der Waals surface area contributed by atoms with Crippen LogP contribution in [0.5, 0.6) is 0 Å². The number of rotatable bonds is 9. The number of urea groups is 1. The largest absolute Gasteiger partial charge is 0.394 e. The molecule has 4 N–H and O–H groups in total. The van der Waals surface area contributed by atoms with Gasteiger partial charge >= 0.3 is 6.03 Å². The van der Waals surface area contributed by atoms with Gasteiger partial charge in [-0.3, -0.25) is 4.79 Å². The number of carbonyl (C=O) groups excluding carboxylic acids is 2. The maximum Gasteiger partial charge on any atom is 0.315 e. The molecule has 0 bridgehead atoms. The number of aliphatic hydroxyl groups is 1. The van der Waals surface area contributed by atoms with E-state index in [2.05, 4.69) is 16.0 Å². The Morgan fingerprint density at radius 3 is 2.85 bits per heavy atom. The van der Waals surface area contributed by atoms with Crippen LogP contribution in [0.25, 0.3) is 0 Å². The first-order chi connectivity index (χ1) is 12.7. The molecule has 0 saturated carbocycles. The molecule has 1 aromatic rings. The smallest absolute Gasteiger partial charge is 0.315 e. The van der Waals surface area contributed by atoms with Crippen LogP contribution >= 0.6 is 11.8 Å². The van der Waals surface area contributed by atoms with E-state index >= 15 is 0 Å². The zero-order valence-corrected chi connectivity index (χ0v) is 15.6. The van der Waals surface area contributed by atoms with E-state index in [1.165, 1.54) is 0 Å². The number of fused-ring (bicyclic) bond motifs is 1. The minimum Gasteiger partial charge on any atom is -0.394 e. The molecule has 2 fully saturated rings. The molecule has 1 aromatic carbocycles. The summed E-state index contributed by atoms with van der Waals surface area (Å²) in [7, 11) is 0. The van der Waals surface area contributed by atoms with Crippen molar-refractivity contribution >= 4 is 23.7 Å². The van der Waals surface area contributed by atoms with E-state index in [0.29, 0.717) is 18.1 Å². The second-order valence-corrected chi connectivity index (χ2v) is 8.28. The van der Waals surface area contributed by atoms with Crippen LogP contribution in [0.15, 0.2) is 30.3 Å². The average Bonchev–Trinajstić information content (AvgIpc) is 3.18. The second kappa shape index (κ2) is 9.28. The summed E-state index contributed by atoms with van der Waals surface area (Å²) in [5, 5.41) is 18.8. The van der Waals surface area contributed by atoms with Crippen LogP contribution in [0.3, 0.4) is 0 Å². The molecule has 7 heteroatoms. The van der Waals surface area contributed by atoms with E-state index in [1.807, 2.05) is 42.1 Å². The molecule has 0 aliphatic carbocycles. The predicted octanol–water partition coefficient (Wildman–Crippen LogP) is 1.43. The molecule has 0 radical (unpaired) electrons. The Morgan fingerprint density at radius 2 is 2.08 bits per heavy atom. The number of unbranched alkanes of at least 4 members (excludes halogenated alkanes) is 1. The lowest BCUT2D eigenvalue weighted by Gasteiger charge is -2.18. The first-order valence-corrected chi connectivity index (χ1v) is 10.3. The summed E-state index contributed by atoms with van der Waals surface area (Å²) in [6.45, 7) is -0.0604. The first kappa shape index (κ1) is 19.0. The van der Waals surface area contributed by atoms with Crippen molar-refractivity contribution in [2.75, 3.05) is 12.4 Å². The molecule has 142 valence electrons. The van der Waals surface area contributed by atoms with Crippen molar-refractivity contribution in [3.05, 3.63) is 35.9 Å². The van der Waals surface area contributed by atoms with Crippen molar-refractivity contribution in [3.63, 3.8) is 0 Å². The fourth-order valence-electron chi connectivity index (χ4n) is 3.63. The van der Waals surface area contributed by atoms with Gasteiger partial charge in [0.1, 0.15) is 0 Å². The highest BCUT2D eigenvalue weighted by atomic mass is 32.2. The van der Waals surface area contributed by atoms with E-state index in [4.69, 9.17) is 0 Å². The van der Waals surface area contributed by atoms with E-state index in [9.17, 15) is 14.7 Å². The van der Waals surface area contributed by atoms with E-state index < -0.39 is 0 Å². The summed E-state index contributed by atoms with van der Waals surface area (Å²) in [5.74, 6) is 0.958. The van der Waals surface area contributed by atoms with Crippen molar-refractivity contribution in [2.45, 2.75) is 55.5 Å². The number of hydrogen-bond donors (Lipinski definition) is 4. The van der Waals surface area contributed by atoms with Gasteiger partial charge in [-0.2, -0.15) is 11.8 Å². The summed E-state index contributed by atoms with van der Waals surface area (Å²) in [6, 6.07) is 10.0. The van der Waals surface area contributed by atoms with Crippen molar-refractivity contribution in [1.29, 1.82) is 0 Å². The van der Waals surface area contributed by atoms with Crippen molar-refractivity contribution in [1.82, 2.24) is 16.0 Å². The van der Waals surface area contributed by atoms with Crippen LogP contribution < -0.4 is 16.0 Å². The SMILES string of the molecule is O=C(CCCC[C@@H]1SC[C@@H]2NC(=O)N[C@@H]21)N[C@H](CO)Cc1ccccc1. The van der Waals surface area contributed by atoms with Gasteiger partial charge in [0.25, 0.3) is 0 Å². The van der Waals surface area contributed by atoms with Gasteiger partial charge < -0.3 is 21.1 Å². The zero-order chi connectivity index (χ0) is 18.4. The van der Waals surface area contributed by atoms with Gasteiger partial charge in [-0.05, 0) is 24.8 Å². The Kier molecular flexibility index (Phi) is 6.80. The summed E-state index contributed by atoms with van der Waals surface area (Å²) >= 11 is 1.90. The molecule has 26 heavy (non-hydrogen) atoms. The molecule has 0 unspecified atom stereocenters. The Bertz CT molecular complexity index is 613. The fourth-order valence-corrected chi connectivity index (χ4v) is 5.18. The lowest BCUT2D eigenvalue weighted by molar-refractivity contribution is -0.122. The topological polar surface area (TPSA) is 90.5 Å². The predicted molar refractivity (Wildman–Crippen MR) is 103 cm³/mol. The summed E-state index contributed by atoms with van der Waals surface area (Å²) < 4.78 is 0. The monoisotopic (exact) mass is 377 g/mol. The maximum atomic E-state index is 12.1. The number of thioether (sulfide) groups is 1. The summed E-state index contributed by atoms with van der Waals surface area (Å²) in [4.78, 5) is 23.5. The molecule has 3 rings (SSSR count). The Balaban J connectivity index is 1.33. The lowest BCUT2D eigenvalue weighted by Crippen LogP contribution is -2.39. The quantitative estimate of drug-likeness (QED) is 0.387. The van der Waals surface area contributed by atoms with Crippen molar-refractivity contribution < 1.29 is 14.7 Å². The van der Waals surface area contributed by atoms with E-state index in [-0.39, 0.29) is 36.7 Å². The molecule has 3 amide bonds. The number of amides is 3. The number of hydrogen-bond acceptors (Lipinski definition) is 4. The second-order valence-electron chi connectivity index (χ2n) is 7.00. The minimum absolute atomic E-state index is 0.00670. The minimum atomic E-state index is -0.240. The molecule has 2 aliphatic heterocycles. The lowest BCUT2D eigenvalue weighted by atomic mass is 10.0. The zero-order valence-electron chi connectivity index (χ0n) is 14.8. The Morgan fingerprint density at radius 1 is 1.27 bits per heavy atom. The average molecular weight is 378 g/mol. The van der Waals surface area contributed by atoms with Crippen LogP contribution in [0.4, 0.5) is 4.79 Å². The summed E-state index contributed by atoms with van der Waals surface area (Å²) in [5.41, 5.74) is 1.10. The molecule has 2 heterocycles. The molecule has 2 saturated heterocycles. The van der Waals surface area contributed by atoms with Crippen LogP contribution in [0.2, 0.25) is 0 Å². The maximum absolute atomic E-state index is 12.1. The Hall–Kier alpha value is -1.73. The highest BCUT2D eigenvalue weighted by Crippen LogP contribution is 2.33. The number of benzene rings is 1. The van der Waals surface area contributed by atoms with Gasteiger partial charge in [0.15, 0.2) is 0 Å². The van der Waals surface area contributed by atoms with E-state index in [0.717, 1.165) is 30.6 Å². The van der Waals surface area contributed by atoms with Gasteiger partial charge in [0.2, 0.25) is 5.91 Å². The third-order valence-corrected chi connectivity index (χ3v) is 6.50. The molecule has 0 aromatic heterocycles. The fraction of sp³-hybridized carbons (Fsp3) is 0.579. The van der Waals surface area contributed by atoms with Gasteiger partial charge in [-0.25, -0.2) is 4.79 Å². The van der Waals surface area contributed by atoms with Crippen LogP contribution in [0.1, 0.15) is 31.2 Å². The number of nitrogens with one attached hydrogen (secondary N) is 3. The van der Waals surface area contributed by atoms with Crippen LogP contribution in [0, 0.1) is 0 Å². The van der Waals surface area contributed by atoms with Crippen molar-refractivity contribution in [3.8, 4) is 0 Å². The number of aliphatic hydroxyl groups excluding tert-OH is 1. The molecular weight excluding hydrogens is 350 g/mol. The van der Waals surface area contributed by atoms with E-state index in [1.54, 1.807) is 0 Å². The van der Waals surface area contributed by atoms with Crippen LogP contribution in [-0.4, -0.2) is 52.8 Å². The third-order valence-electron chi connectivity index (χ3n) is 4.99. The van der Waals surface area contributed by atoms with Gasteiger partial charge in [0.05, 0.1) is 24.7 Å². The van der Waals surface area contributed by atoms with Gasteiger partial charge in [0, 0.05) is 17.4 Å². The molecule has 6 nitrogen and oxygen atoms in total. The molecule has 0 spiro atoms. The normalized spacial score (nSPS) is 25.3. The third kappa shape index (κ3) is 5.14.